The molecular formula is C18H15ClO6. The smallest absolute Gasteiger partial charge is 0.341 e. The van der Waals surface area contributed by atoms with Gasteiger partial charge in [-0.15, -0.1) is 0 Å². The summed E-state index contributed by atoms with van der Waals surface area (Å²) in [6, 6.07) is 11.7. The molecule has 0 radical (unpaired) electrons. The number of carbonyl (C=O) groups is 1. The van der Waals surface area contributed by atoms with Gasteiger partial charge in [-0.1, -0.05) is 41.9 Å². The summed E-state index contributed by atoms with van der Waals surface area (Å²) in [7, 11) is 1.37. The lowest BCUT2D eigenvalue weighted by Crippen LogP contribution is -2.33. The van der Waals surface area contributed by atoms with Gasteiger partial charge in [0.05, 0.1) is 17.7 Å². The number of phenols is 1. The van der Waals surface area contributed by atoms with E-state index in [0.29, 0.717) is 11.1 Å². The SMILES string of the molecule is COc1cc(/C=C2/C(=O)OC(c3ccccc3)OC2O)cc(Cl)c1O. The van der Waals surface area contributed by atoms with Crippen LogP contribution in [0.3, 0.4) is 0 Å². The van der Waals surface area contributed by atoms with Crippen LogP contribution in [0.5, 0.6) is 11.5 Å². The van der Waals surface area contributed by atoms with Crippen LogP contribution in [0.2, 0.25) is 5.02 Å². The minimum Gasteiger partial charge on any atom is -0.503 e. The van der Waals surface area contributed by atoms with Gasteiger partial charge in [0.1, 0.15) is 0 Å². The number of phenolic OH excluding ortho intramolecular Hbond substituents is 1. The Morgan fingerprint density at radius 2 is 1.96 bits per heavy atom. The third-order valence-electron chi connectivity index (χ3n) is 3.63. The lowest BCUT2D eigenvalue weighted by Gasteiger charge is -2.28. The van der Waals surface area contributed by atoms with Crippen molar-refractivity contribution < 1.29 is 29.2 Å². The number of rotatable bonds is 3. The quantitative estimate of drug-likeness (QED) is 0.645. The number of ether oxygens (including phenoxy) is 3. The molecule has 1 aliphatic heterocycles. The number of benzene rings is 2. The van der Waals surface area contributed by atoms with Crippen molar-refractivity contribution >= 4 is 23.6 Å². The minimum atomic E-state index is -1.47. The van der Waals surface area contributed by atoms with Crippen molar-refractivity contribution in [2.24, 2.45) is 0 Å². The monoisotopic (exact) mass is 362 g/mol. The molecule has 6 nitrogen and oxygen atoms in total. The fraction of sp³-hybridized carbons (Fsp3) is 0.167. The van der Waals surface area contributed by atoms with Gasteiger partial charge in [0.25, 0.3) is 0 Å². The first-order valence-electron chi connectivity index (χ1n) is 7.37. The first-order chi connectivity index (χ1) is 12.0. The topological polar surface area (TPSA) is 85.2 Å². The first kappa shape index (κ1) is 17.3. The molecule has 25 heavy (non-hydrogen) atoms. The van der Waals surface area contributed by atoms with Crippen molar-refractivity contribution in [2.75, 3.05) is 7.11 Å². The van der Waals surface area contributed by atoms with E-state index < -0.39 is 18.5 Å². The molecule has 2 unspecified atom stereocenters. The Balaban J connectivity index is 1.88. The van der Waals surface area contributed by atoms with Gasteiger partial charge < -0.3 is 24.4 Å². The van der Waals surface area contributed by atoms with Crippen LogP contribution in [0, 0.1) is 0 Å². The number of halogens is 1. The number of esters is 1. The second-order valence-corrected chi connectivity index (χ2v) is 5.70. The lowest BCUT2D eigenvalue weighted by atomic mass is 10.1. The Bertz CT molecular complexity index is 818. The van der Waals surface area contributed by atoms with E-state index in [1.165, 1.54) is 25.3 Å². The standard InChI is InChI=1S/C18H15ClO6/c1-23-14-9-10(8-13(19)15(14)20)7-12-16(21)24-18(25-17(12)22)11-5-3-2-4-6-11/h2-9,16,18,20-21H,1H3/b12-7+. The highest BCUT2D eigenvalue weighted by Gasteiger charge is 2.34. The van der Waals surface area contributed by atoms with Gasteiger partial charge in [0.2, 0.25) is 6.29 Å². The second-order valence-electron chi connectivity index (χ2n) is 5.29. The Morgan fingerprint density at radius 3 is 2.60 bits per heavy atom. The number of methoxy groups -OCH3 is 1. The molecule has 1 saturated heterocycles. The summed E-state index contributed by atoms with van der Waals surface area (Å²) in [6.07, 6.45) is -1.09. The normalized spacial score (nSPS) is 21.9. The molecule has 1 fully saturated rings. The molecule has 0 spiro atoms. The van der Waals surface area contributed by atoms with Crippen LogP contribution in [0.4, 0.5) is 0 Å². The molecule has 0 saturated carbocycles. The highest BCUT2D eigenvalue weighted by molar-refractivity contribution is 6.32. The molecule has 2 aromatic rings. The summed E-state index contributed by atoms with van der Waals surface area (Å²) in [5.74, 6) is -0.782. The summed E-state index contributed by atoms with van der Waals surface area (Å²) in [5.41, 5.74) is 0.965. The van der Waals surface area contributed by atoms with Gasteiger partial charge in [-0.3, -0.25) is 0 Å². The fourth-order valence-corrected chi connectivity index (χ4v) is 2.60. The summed E-state index contributed by atoms with van der Waals surface area (Å²) < 4.78 is 15.6. The van der Waals surface area contributed by atoms with Crippen molar-refractivity contribution in [1.29, 1.82) is 0 Å². The van der Waals surface area contributed by atoms with Crippen LogP contribution in [-0.2, 0) is 14.3 Å². The van der Waals surface area contributed by atoms with Gasteiger partial charge in [0.15, 0.2) is 17.8 Å². The summed E-state index contributed by atoms with van der Waals surface area (Å²) in [5, 5.41) is 20.0. The molecule has 2 N–H and O–H groups in total. The van der Waals surface area contributed by atoms with Gasteiger partial charge in [-0.25, -0.2) is 4.79 Å². The Labute approximate surface area is 148 Å². The van der Waals surface area contributed by atoms with E-state index in [1.54, 1.807) is 24.3 Å². The fourth-order valence-electron chi connectivity index (χ4n) is 2.38. The molecule has 3 rings (SSSR count). The van der Waals surface area contributed by atoms with E-state index >= 15 is 0 Å². The number of aromatic hydroxyl groups is 1. The minimum absolute atomic E-state index is 0.0490. The largest absolute Gasteiger partial charge is 0.503 e. The number of hydrogen-bond donors (Lipinski definition) is 2. The molecule has 1 heterocycles. The highest BCUT2D eigenvalue weighted by Crippen LogP contribution is 2.36. The van der Waals surface area contributed by atoms with Crippen LogP contribution in [0.1, 0.15) is 17.4 Å². The molecule has 0 bridgehead atoms. The van der Waals surface area contributed by atoms with Crippen molar-refractivity contribution in [1.82, 2.24) is 0 Å². The Hall–Kier alpha value is -2.54. The maximum absolute atomic E-state index is 12.3. The van der Waals surface area contributed by atoms with Crippen molar-refractivity contribution in [2.45, 2.75) is 12.6 Å². The van der Waals surface area contributed by atoms with Crippen LogP contribution < -0.4 is 4.74 Å². The van der Waals surface area contributed by atoms with Crippen molar-refractivity contribution in [3.05, 3.63) is 64.2 Å². The third kappa shape index (κ3) is 3.61. The van der Waals surface area contributed by atoms with Gasteiger partial charge in [-0.2, -0.15) is 0 Å². The van der Waals surface area contributed by atoms with E-state index in [2.05, 4.69) is 0 Å². The van der Waals surface area contributed by atoms with E-state index in [9.17, 15) is 15.0 Å². The average molecular weight is 363 g/mol. The molecule has 1 aliphatic rings. The van der Waals surface area contributed by atoms with E-state index in [-0.39, 0.29) is 22.1 Å². The molecular weight excluding hydrogens is 348 g/mol. The Morgan fingerprint density at radius 1 is 1.24 bits per heavy atom. The lowest BCUT2D eigenvalue weighted by molar-refractivity contribution is -0.239. The number of cyclic esters (lactones) is 1. The predicted octanol–water partition coefficient (Wildman–Crippen LogP) is 3.03. The van der Waals surface area contributed by atoms with Crippen LogP contribution in [0.15, 0.2) is 48.0 Å². The maximum Gasteiger partial charge on any atom is 0.341 e. The summed E-state index contributed by atoms with van der Waals surface area (Å²) >= 11 is 5.92. The number of aliphatic hydroxyl groups is 1. The van der Waals surface area contributed by atoms with E-state index in [0.717, 1.165) is 0 Å². The van der Waals surface area contributed by atoms with Crippen LogP contribution >= 0.6 is 11.6 Å². The molecule has 7 heteroatoms. The first-order valence-corrected chi connectivity index (χ1v) is 7.75. The molecule has 2 atom stereocenters. The highest BCUT2D eigenvalue weighted by atomic mass is 35.5. The molecule has 0 aromatic heterocycles. The molecule has 0 amide bonds. The molecule has 130 valence electrons. The number of carbonyl (C=O) groups excluding carboxylic acids is 1. The van der Waals surface area contributed by atoms with Crippen LogP contribution in [-0.4, -0.2) is 29.6 Å². The zero-order chi connectivity index (χ0) is 18.0. The van der Waals surface area contributed by atoms with Gasteiger partial charge in [-0.05, 0) is 23.8 Å². The van der Waals surface area contributed by atoms with Crippen molar-refractivity contribution in [3.63, 3.8) is 0 Å². The summed E-state index contributed by atoms with van der Waals surface area (Å²) in [4.78, 5) is 12.3. The van der Waals surface area contributed by atoms with Gasteiger partial charge in [0, 0.05) is 5.56 Å². The Kier molecular flexibility index (Phi) is 4.94. The van der Waals surface area contributed by atoms with Crippen LogP contribution in [0.25, 0.3) is 6.08 Å². The zero-order valence-corrected chi connectivity index (χ0v) is 13.9. The number of hydrogen-bond acceptors (Lipinski definition) is 6. The molecule has 0 aliphatic carbocycles. The summed E-state index contributed by atoms with van der Waals surface area (Å²) in [6.45, 7) is 0. The maximum atomic E-state index is 12.3. The average Bonchev–Trinajstić information content (AvgIpc) is 2.61. The van der Waals surface area contributed by atoms with E-state index in [4.69, 9.17) is 25.8 Å². The predicted molar refractivity (Wildman–Crippen MR) is 90.0 cm³/mol. The number of aliphatic hydroxyl groups excluding tert-OH is 1. The van der Waals surface area contributed by atoms with Crippen molar-refractivity contribution in [3.8, 4) is 11.5 Å². The third-order valence-corrected chi connectivity index (χ3v) is 3.92. The zero-order valence-electron chi connectivity index (χ0n) is 13.2. The second kappa shape index (κ2) is 7.14. The van der Waals surface area contributed by atoms with E-state index in [1.807, 2.05) is 6.07 Å². The van der Waals surface area contributed by atoms with Gasteiger partial charge >= 0.3 is 5.97 Å². The molecule has 2 aromatic carbocycles.